The lowest BCUT2D eigenvalue weighted by atomic mass is 10.0. The molecule has 0 aromatic heterocycles. The first-order chi connectivity index (χ1) is 13.8. The minimum atomic E-state index is 0.137. The Labute approximate surface area is 167 Å². The minimum absolute atomic E-state index is 0.137. The Morgan fingerprint density at radius 2 is 1.57 bits per heavy atom. The summed E-state index contributed by atoms with van der Waals surface area (Å²) in [5, 5.41) is 5.66. The number of amides is 1. The predicted octanol–water partition coefficient (Wildman–Crippen LogP) is 4.21. The molecule has 1 aliphatic rings. The number of hydrogen-bond donors (Lipinski definition) is 1. The van der Waals surface area contributed by atoms with Gasteiger partial charge in [-0.1, -0.05) is 72.8 Å². The highest BCUT2D eigenvalue weighted by molar-refractivity contribution is 5.85. The summed E-state index contributed by atoms with van der Waals surface area (Å²) in [6, 6.07) is 25.5. The van der Waals surface area contributed by atoms with Crippen molar-refractivity contribution in [2.24, 2.45) is 0 Å². The fourth-order valence-electron chi connectivity index (χ4n) is 4.05. The molecule has 0 spiro atoms. The molecular weight excluding hydrogens is 344 g/mol. The van der Waals surface area contributed by atoms with Gasteiger partial charge in [0.1, 0.15) is 0 Å². The molecule has 1 aliphatic heterocycles. The van der Waals surface area contributed by atoms with Crippen LogP contribution in [0.2, 0.25) is 0 Å². The first-order valence-electron chi connectivity index (χ1n) is 10.3. The summed E-state index contributed by atoms with van der Waals surface area (Å²) in [4.78, 5) is 15.0. The molecule has 0 saturated carbocycles. The van der Waals surface area contributed by atoms with Crippen LogP contribution >= 0.6 is 0 Å². The number of hydrogen-bond acceptors (Lipinski definition) is 2. The van der Waals surface area contributed by atoms with Crippen molar-refractivity contribution >= 4 is 16.7 Å². The number of likely N-dealkylation sites (tertiary alicyclic amines) is 1. The maximum atomic E-state index is 12.5. The third-order valence-corrected chi connectivity index (χ3v) is 5.69. The third kappa shape index (κ3) is 4.99. The van der Waals surface area contributed by atoms with Gasteiger partial charge in [0.05, 0.1) is 6.42 Å². The first-order valence-corrected chi connectivity index (χ1v) is 10.3. The minimum Gasteiger partial charge on any atom is -0.353 e. The van der Waals surface area contributed by atoms with E-state index < -0.39 is 0 Å². The zero-order valence-corrected chi connectivity index (χ0v) is 16.3. The van der Waals surface area contributed by atoms with Gasteiger partial charge in [0.2, 0.25) is 5.91 Å². The number of fused-ring (bicyclic) bond motifs is 1. The monoisotopic (exact) mass is 372 g/mol. The second-order valence-corrected chi connectivity index (χ2v) is 7.78. The number of nitrogens with zero attached hydrogens (tertiary/aromatic N) is 1. The standard InChI is InChI=1S/C25H28N2O/c28-25(19-21-10-11-22-8-4-5-9-23(22)18-21)26-24-13-16-27(17-14-24)15-12-20-6-2-1-3-7-20/h1-11,18,24H,12-17,19H2,(H,26,28). The molecule has 3 aromatic rings. The van der Waals surface area contributed by atoms with E-state index in [0.29, 0.717) is 12.5 Å². The SMILES string of the molecule is O=C(Cc1ccc2ccccc2c1)NC1CCN(CCc2ccccc2)CC1. The van der Waals surface area contributed by atoms with Crippen LogP contribution in [0.4, 0.5) is 0 Å². The molecule has 0 aliphatic carbocycles. The highest BCUT2D eigenvalue weighted by atomic mass is 16.1. The topological polar surface area (TPSA) is 32.3 Å². The van der Waals surface area contributed by atoms with Gasteiger partial charge in [-0.25, -0.2) is 0 Å². The van der Waals surface area contributed by atoms with Gasteiger partial charge in [0.15, 0.2) is 0 Å². The predicted molar refractivity (Wildman–Crippen MR) is 115 cm³/mol. The van der Waals surface area contributed by atoms with Crippen LogP contribution in [0.25, 0.3) is 10.8 Å². The van der Waals surface area contributed by atoms with Gasteiger partial charge < -0.3 is 10.2 Å². The number of nitrogens with one attached hydrogen (secondary N) is 1. The summed E-state index contributed by atoms with van der Waals surface area (Å²) in [5.41, 5.74) is 2.48. The summed E-state index contributed by atoms with van der Waals surface area (Å²) in [6.45, 7) is 3.23. The van der Waals surface area contributed by atoms with Gasteiger partial charge in [-0.2, -0.15) is 0 Å². The maximum Gasteiger partial charge on any atom is 0.224 e. The summed E-state index contributed by atoms with van der Waals surface area (Å²) in [6.07, 6.45) is 3.63. The molecule has 1 N–H and O–H groups in total. The van der Waals surface area contributed by atoms with Crippen molar-refractivity contribution in [3.63, 3.8) is 0 Å². The van der Waals surface area contributed by atoms with Crippen molar-refractivity contribution in [2.75, 3.05) is 19.6 Å². The number of carbonyl (C=O) groups excluding carboxylic acids is 1. The average Bonchev–Trinajstić information content (AvgIpc) is 2.74. The van der Waals surface area contributed by atoms with Crippen LogP contribution in [0.3, 0.4) is 0 Å². The van der Waals surface area contributed by atoms with E-state index in [-0.39, 0.29) is 5.91 Å². The Kier molecular flexibility index (Phi) is 6.03. The molecule has 1 saturated heterocycles. The normalized spacial score (nSPS) is 15.6. The van der Waals surface area contributed by atoms with Crippen LogP contribution < -0.4 is 5.32 Å². The second kappa shape index (κ2) is 9.03. The van der Waals surface area contributed by atoms with E-state index in [4.69, 9.17) is 0 Å². The molecule has 3 heteroatoms. The highest BCUT2D eigenvalue weighted by Gasteiger charge is 2.20. The molecule has 1 heterocycles. The van der Waals surface area contributed by atoms with E-state index in [0.717, 1.165) is 44.5 Å². The zero-order chi connectivity index (χ0) is 19.2. The molecule has 4 rings (SSSR count). The summed E-state index contributed by atoms with van der Waals surface area (Å²) in [5.74, 6) is 0.137. The molecule has 0 radical (unpaired) electrons. The van der Waals surface area contributed by atoms with Crippen molar-refractivity contribution < 1.29 is 4.79 Å². The van der Waals surface area contributed by atoms with Crippen LogP contribution in [-0.4, -0.2) is 36.5 Å². The fourth-order valence-corrected chi connectivity index (χ4v) is 4.05. The van der Waals surface area contributed by atoms with E-state index in [1.807, 2.05) is 12.1 Å². The third-order valence-electron chi connectivity index (χ3n) is 5.69. The van der Waals surface area contributed by atoms with Crippen molar-refractivity contribution in [1.82, 2.24) is 10.2 Å². The lowest BCUT2D eigenvalue weighted by Gasteiger charge is -2.32. The molecule has 28 heavy (non-hydrogen) atoms. The summed E-state index contributed by atoms with van der Waals surface area (Å²) < 4.78 is 0. The second-order valence-electron chi connectivity index (χ2n) is 7.78. The average molecular weight is 373 g/mol. The largest absolute Gasteiger partial charge is 0.353 e. The summed E-state index contributed by atoms with van der Waals surface area (Å²) >= 11 is 0. The highest BCUT2D eigenvalue weighted by Crippen LogP contribution is 2.16. The van der Waals surface area contributed by atoms with Crippen molar-refractivity contribution in [1.29, 1.82) is 0 Å². The lowest BCUT2D eigenvalue weighted by Crippen LogP contribution is -2.45. The van der Waals surface area contributed by atoms with Crippen LogP contribution in [0.5, 0.6) is 0 Å². The van der Waals surface area contributed by atoms with E-state index in [1.165, 1.54) is 16.3 Å². The smallest absolute Gasteiger partial charge is 0.224 e. The van der Waals surface area contributed by atoms with Gasteiger partial charge in [-0.05, 0) is 41.2 Å². The Morgan fingerprint density at radius 1 is 0.857 bits per heavy atom. The molecule has 144 valence electrons. The number of rotatable bonds is 6. The fraction of sp³-hybridized carbons (Fsp3) is 0.320. The van der Waals surface area contributed by atoms with Gasteiger partial charge >= 0.3 is 0 Å². The molecule has 3 nitrogen and oxygen atoms in total. The quantitative estimate of drug-likeness (QED) is 0.703. The number of carbonyl (C=O) groups is 1. The summed E-state index contributed by atoms with van der Waals surface area (Å²) in [7, 11) is 0. The van der Waals surface area contributed by atoms with Crippen LogP contribution in [0.15, 0.2) is 72.8 Å². The molecule has 0 bridgehead atoms. The van der Waals surface area contributed by atoms with Gasteiger partial charge in [-0.3, -0.25) is 4.79 Å². The molecule has 1 fully saturated rings. The van der Waals surface area contributed by atoms with E-state index in [2.05, 4.69) is 70.9 Å². The van der Waals surface area contributed by atoms with Gasteiger partial charge in [-0.15, -0.1) is 0 Å². The van der Waals surface area contributed by atoms with Crippen molar-refractivity contribution in [3.05, 3.63) is 83.9 Å². The maximum absolute atomic E-state index is 12.5. The number of piperidine rings is 1. The van der Waals surface area contributed by atoms with Gasteiger partial charge in [0.25, 0.3) is 0 Å². The van der Waals surface area contributed by atoms with Crippen LogP contribution in [0, 0.1) is 0 Å². The number of benzene rings is 3. The Balaban J connectivity index is 1.22. The van der Waals surface area contributed by atoms with Crippen molar-refractivity contribution in [3.8, 4) is 0 Å². The molecule has 0 unspecified atom stereocenters. The molecule has 1 amide bonds. The Hall–Kier alpha value is -2.65. The molecule has 0 atom stereocenters. The van der Waals surface area contributed by atoms with E-state index in [1.54, 1.807) is 0 Å². The Morgan fingerprint density at radius 3 is 2.36 bits per heavy atom. The zero-order valence-electron chi connectivity index (χ0n) is 16.3. The van der Waals surface area contributed by atoms with Gasteiger partial charge in [0, 0.05) is 25.7 Å². The first kappa shape index (κ1) is 18.7. The van der Waals surface area contributed by atoms with Crippen LogP contribution in [-0.2, 0) is 17.6 Å². The lowest BCUT2D eigenvalue weighted by molar-refractivity contribution is -0.121. The Bertz CT molecular complexity index is 914. The van der Waals surface area contributed by atoms with Crippen molar-refractivity contribution in [2.45, 2.75) is 31.7 Å². The molecular formula is C25H28N2O. The van der Waals surface area contributed by atoms with E-state index >= 15 is 0 Å². The van der Waals surface area contributed by atoms with E-state index in [9.17, 15) is 4.79 Å². The van der Waals surface area contributed by atoms with Crippen LogP contribution in [0.1, 0.15) is 24.0 Å². The molecule has 3 aromatic carbocycles.